The van der Waals surface area contributed by atoms with E-state index in [0.29, 0.717) is 0 Å². The normalized spacial score (nSPS) is 11.0. The Balaban J connectivity index is 2.74. The lowest BCUT2D eigenvalue weighted by Gasteiger charge is -2.19. The molecule has 0 aliphatic rings. The topological polar surface area (TPSA) is 71.2 Å². The molecular weight excluding hydrogens is 215 g/mol. The third-order valence-corrected chi connectivity index (χ3v) is 1.51. The number of ether oxygens (including phenoxy) is 1. The molecule has 1 amide bonds. The first-order chi connectivity index (χ1) is 7.28. The van der Waals surface area contributed by atoms with Gasteiger partial charge in [0.1, 0.15) is 5.60 Å². The van der Waals surface area contributed by atoms with Gasteiger partial charge in [-0.1, -0.05) is 0 Å². The molecule has 0 radical (unpaired) electrons. The molecule has 1 rings (SSSR count). The summed E-state index contributed by atoms with van der Waals surface area (Å²) in [6.07, 6.45) is 0.292. The van der Waals surface area contributed by atoms with Crippen LogP contribution in [0.3, 0.4) is 0 Å². The van der Waals surface area contributed by atoms with Gasteiger partial charge < -0.3 is 9.72 Å². The number of aromatic amines is 1. The number of aromatic nitrogens is 1. The van der Waals surface area contributed by atoms with Crippen molar-refractivity contribution in [1.29, 1.82) is 0 Å². The minimum Gasteiger partial charge on any atom is -0.444 e. The van der Waals surface area contributed by atoms with Gasteiger partial charge in [-0.25, -0.2) is 9.18 Å². The molecule has 1 aromatic heterocycles. The fraction of sp³-hybridized carbons (Fsp3) is 0.400. The van der Waals surface area contributed by atoms with Crippen molar-refractivity contribution >= 4 is 11.8 Å². The van der Waals surface area contributed by atoms with Gasteiger partial charge in [-0.05, 0) is 20.8 Å². The predicted octanol–water partition coefficient (Wildman–Crippen LogP) is 1.86. The number of rotatable bonds is 1. The average Bonchev–Trinajstić information content (AvgIpc) is 2.06. The van der Waals surface area contributed by atoms with E-state index in [4.69, 9.17) is 4.74 Å². The van der Waals surface area contributed by atoms with Crippen LogP contribution in [0, 0.1) is 5.82 Å². The van der Waals surface area contributed by atoms with Crippen molar-refractivity contribution in [2.24, 2.45) is 0 Å². The standard InChI is InChI=1S/C10H13FN2O3/c1-10(2,3)16-9(15)13-7-5-12-8(14)4-6(7)11/h4-5H,1-3H3,(H,12,14)(H,13,15). The summed E-state index contributed by atoms with van der Waals surface area (Å²) >= 11 is 0. The van der Waals surface area contributed by atoms with E-state index < -0.39 is 23.1 Å². The van der Waals surface area contributed by atoms with Gasteiger partial charge >= 0.3 is 6.09 Å². The predicted molar refractivity (Wildman–Crippen MR) is 56.9 cm³/mol. The molecule has 5 nitrogen and oxygen atoms in total. The molecule has 16 heavy (non-hydrogen) atoms. The van der Waals surface area contributed by atoms with E-state index in [1.807, 2.05) is 0 Å². The number of carbonyl (C=O) groups excluding carboxylic acids is 1. The summed E-state index contributed by atoms with van der Waals surface area (Å²) in [4.78, 5) is 24.2. The fourth-order valence-electron chi connectivity index (χ4n) is 0.956. The number of H-pyrrole nitrogens is 1. The third kappa shape index (κ3) is 3.72. The highest BCUT2D eigenvalue weighted by Crippen LogP contribution is 2.12. The van der Waals surface area contributed by atoms with E-state index >= 15 is 0 Å². The van der Waals surface area contributed by atoms with Gasteiger partial charge in [-0.2, -0.15) is 0 Å². The van der Waals surface area contributed by atoms with Crippen molar-refractivity contribution in [3.05, 3.63) is 28.4 Å². The van der Waals surface area contributed by atoms with Crippen molar-refractivity contribution in [3.8, 4) is 0 Å². The van der Waals surface area contributed by atoms with Crippen LogP contribution >= 0.6 is 0 Å². The quantitative estimate of drug-likeness (QED) is 0.770. The Kier molecular flexibility index (Phi) is 3.31. The molecule has 2 N–H and O–H groups in total. The second kappa shape index (κ2) is 4.34. The van der Waals surface area contributed by atoms with Crippen molar-refractivity contribution in [3.63, 3.8) is 0 Å². The Labute approximate surface area is 91.6 Å². The Morgan fingerprint density at radius 1 is 1.50 bits per heavy atom. The van der Waals surface area contributed by atoms with E-state index in [1.165, 1.54) is 0 Å². The van der Waals surface area contributed by atoms with Gasteiger partial charge in [0.05, 0.1) is 5.69 Å². The van der Waals surface area contributed by atoms with Gasteiger partial charge in [0.2, 0.25) is 0 Å². The number of carbonyl (C=O) groups is 1. The highest BCUT2D eigenvalue weighted by molar-refractivity contribution is 5.84. The monoisotopic (exact) mass is 228 g/mol. The zero-order valence-electron chi connectivity index (χ0n) is 9.26. The van der Waals surface area contributed by atoms with Gasteiger partial charge in [-0.3, -0.25) is 10.1 Å². The number of pyridine rings is 1. The van der Waals surface area contributed by atoms with E-state index in [-0.39, 0.29) is 5.69 Å². The first-order valence-electron chi connectivity index (χ1n) is 4.66. The number of nitrogens with one attached hydrogen (secondary N) is 2. The number of halogens is 1. The van der Waals surface area contributed by atoms with Crippen LogP contribution in [0.2, 0.25) is 0 Å². The van der Waals surface area contributed by atoms with Crippen molar-refractivity contribution < 1.29 is 13.9 Å². The van der Waals surface area contributed by atoms with Crippen LogP contribution < -0.4 is 10.9 Å². The van der Waals surface area contributed by atoms with Crippen LogP contribution in [0.25, 0.3) is 0 Å². The first kappa shape index (κ1) is 12.2. The largest absolute Gasteiger partial charge is 0.444 e. The Bertz CT molecular complexity index is 448. The minimum atomic E-state index is -0.811. The van der Waals surface area contributed by atoms with E-state index in [0.717, 1.165) is 12.3 Å². The van der Waals surface area contributed by atoms with Crippen LogP contribution in [0.1, 0.15) is 20.8 Å². The summed E-state index contributed by atoms with van der Waals surface area (Å²) in [6.45, 7) is 5.07. The molecule has 0 saturated carbocycles. The Hall–Kier alpha value is -1.85. The number of hydrogen-bond donors (Lipinski definition) is 2. The third-order valence-electron chi connectivity index (χ3n) is 1.51. The van der Waals surface area contributed by atoms with Crippen LogP contribution in [0.15, 0.2) is 17.1 Å². The molecule has 0 bridgehead atoms. The summed E-state index contributed by atoms with van der Waals surface area (Å²) in [5.74, 6) is -0.811. The summed E-state index contributed by atoms with van der Waals surface area (Å²) < 4.78 is 18.1. The lowest BCUT2D eigenvalue weighted by molar-refractivity contribution is 0.0635. The van der Waals surface area contributed by atoms with Gasteiger partial charge in [0, 0.05) is 12.3 Å². The first-order valence-corrected chi connectivity index (χ1v) is 4.66. The molecule has 0 unspecified atom stereocenters. The molecule has 0 spiro atoms. The molecule has 0 saturated heterocycles. The summed E-state index contributed by atoms with van der Waals surface area (Å²) in [5, 5.41) is 2.19. The molecule has 1 heterocycles. The van der Waals surface area contributed by atoms with Gasteiger partial charge in [0.15, 0.2) is 5.82 Å². The molecule has 0 aliphatic heterocycles. The Morgan fingerprint density at radius 3 is 2.62 bits per heavy atom. The van der Waals surface area contributed by atoms with E-state index in [9.17, 15) is 14.0 Å². The van der Waals surface area contributed by atoms with Crippen LogP contribution in [-0.4, -0.2) is 16.7 Å². The maximum Gasteiger partial charge on any atom is 0.412 e. The highest BCUT2D eigenvalue weighted by atomic mass is 19.1. The van der Waals surface area contributed by atoms with Gasteiger partial charge in [-0.15, -0.1) is 0 Å². The zero-order valence-corrected chi connectivity index (χ0v) is 9.26. The summed E-state index contributed by atoms with van der Waals surface area (Å²) in [7, 11) is 0. The molecule has 88 valence electrons. The van der Waals surface area contributed by atoms with Crippen LogP contribution in [-0.2, 0) is 4.74 Å². The van der Waals surface area contributed by atoms with Crippen molar-refractivity contribution in [2.45, 2.75) is 26.4 Å². The van der Waals surface area contributed by atoms with Crippen LogP contribution in [0.5, 0.6) is 0 Å². The molecule has 0 aromatic carbocycles. The number of anilines is 1. The van der Waals surface area contributed by atoms with Crippen molar-refractivity contribution in [2.75, 3.05) is 5.32 Å². The smallest absolute Gasteiger partial charge is 0.412 e. The molecular formula is C10H13FN2O3. The fourth-order valence-corrected chi connectivity index (χ4v) is 0.956. The zero-order chi connectivity index (χ0) is 12.3. The maximum atomic E-state index is 13.2. The van der Waals surface area contributed by atoms with E-state index in [1.54, 1.807) is 20.8 Å². The molecule has 6 heteroatoms. The SMILES string of the molecule is CC(C)(C)OC(=O)Nc1c[nH]c(=O)cc1F. The Morgan fingerprint density at radius 2 is 2.12 bits per heavy atom. The average molecular weight is 228 g/mol. The lowest BCUT2D eigenvalue weighted by atomic mass is 10.2. The lowest BCUT2D eigenvalue weighted by Crippen LogP contribution is -2.27. The minimum absolute atomic E-state index is 0.131. The van der Waals surface area contributed by atoms with E-state index in [2.05, 4.69) is 10.3 Å². The summed E-state index contributed by atoms with van der Waals surface area (Å²) in [5.41, 5.74) is -1.37. The summed E-state index contributed by atoms with van der Waals surface area (Å²) in [6, 6.07) is 0.743. The second-order valence-corrected chi connectivity index (χ2v) is 4.19. The number of amides is 1. The van der Waals surface area contributed by atoms with Crippen molar-refractivity contribution in [1.82, 2.24) is 4.98 Å². The van der Waals surface area contributed by atoms with Gasteiger partial charge in [0.25, 0.3) is 5.56 Å². The second-order valence-electron chi connectivity index (χ2n) is 4.19. The highest BCUT2D eigenvalue weighted by Gasteiger charge is 2.17. The maximum absolute atomic E-state index is 13.2. The number of hydrogen-bond acceptors (Lipinski definition) is 3. The molecule has 0 atom stereocenters. The molecule has 0 fully saturated rings. The molecule has 1 aromatic rings. The van der Waals surface area contributed by atoms with Crippen LogP contribution in [0.4, 0.5) is 14.9 Å². The molecule has 0 aliphatic carbocycles.